The molecule has 0 saturated heterocycles. The van der Waals surface area contributed by atoms with E-state index in [1.165, 1.54) is 32.4 Å². The third-order valence-electron chi connectivity index (χ3n) is 4.50. The first kappa shape index (κ1) is 12.3. The van der Waals surface area contributed by atoms with E-state index in [0.29, 0.717) is 17.2 Å². The Bertz CT molecular complexity index is 500. The highest BCUT2D eigenvalue weighted by Gasteiger charge is 2.40. The first-order valence-corrected chi connectivity index (χ1v) is 6.85. The van der Waals surface area contributed by atoms with Crippen LogP contribution in [0.3, 0.4) is 0 Å². The number of carbonyl (C=O) groups is 1. The third-order valence-corrected chi connectivity index (χ3v) is 4.50. The van der Waals surface area contributed by atoms with E-state index in [4.69, 9.17) is 4.74 Å². The predicted octanol–water partition coefficient (Wildman–Crippen LogP) is 2.32. The van der Waals surface area contributed by atoms with Crippen molar-refractivity contribution in [2.45, 2.75) is 31.7 Å². The quantitative estimate of drug-likeness (QED) is 0.878. The minimum Gasteiger partial charge on any atom is -0.507 e. The molecule has 2 fully saturated rings. The first-order chi connectivity index (χ1) is 9.17. The van der Waals surface area contributed by atoms with Crippen LogP contribution >= 0.6 is 0 Å². The second kappa shape index (κ2) is 4.76. The fourth-order valence-corrected chi connectivity index (χ4v) is 3.50. The average molecular weight is 261 g/mol. The van der Waals surface area contributed by atoms with Crippen molar-refractivity contribution in [1.29, 1.82) is 0 Å². The fourth-order valence-electron chi connectivity index (χ4n) is 3.50. The van der Waals surface area contributed by atoms with Gasteiger partial charge in [0.05, 0.1) is 12.7 Å². The zero-order valence-corrected chi connectivity index (χ0v) is 11.1. The summed E-state index contributed by atoms with van der Waals surface area (Å²) in [4.78, 5) is 12.2. The Balaban J connectivity index is 1.70. The molecule has 2 saturated carbocycles. The van der Waals surface area contributed by atoms with Gasteiger partial charge in [0.15, 0.2) is 0 Å². The van der Waals surface area contributed by atoms with Crippen LogP contribution < -0.4 is 10.1 Å². The molecule has 4 heteroatoms. The van der Waals surface area contributed by atoms with Crippen molar-refractivity contribution in [3.05, 3.63) is 23.8 Å². The highest BCUT2D eigenvalue weighted by Crippen LogP contribution is 2.44. The minimum atomic E-state index is -0.183. The highest BCUT2D eigenvalue weighted by molar-refractivity contribution is 5.97. The van der Waals surface area contributed by atoms with Gasteiger partial charge in [-0.1, -0.05) is 6.42 Å². The molecule has 0 aliphatic heterocycles. The number of carbonyl (C=O) groups excluding carboxylic acids is 1. The minimum absolute atomic E-state index is 0.0278. The lowest BCUT2D eigenvalue weighted by atomic mass is 9.95. The Morgan fingerprint density at radius 2 is 2.21 bits per heavy atom. The van der Waals surface area contributed by atoms with Gasteiger partial charge in [0.25, 0.3) is 5.91 Å². The van der Waals surface area contributed by atoms with Crippen LogP contribution in [0.4, 0.5) is 0 Å². The smallest absolute Gasteiger partial charge is 0.255 e. The monoisotopic (exact) mass is 261 g/mol. The van der Waals surface area contributed by atoms with Gasteiger partial charge >= 0.3 is 0 Å². The predicted molar refractivity (Wildman–Crippen MR) is 71.4 cm³/mol. The van der Waals surface area contributed by atoms with Crippen molar-refractivity contribution in [2.24, 2.45) is 11.8 Å². The number of amides is 1. The van der Waals surface area contributed by atoms with Gasteiger partial charge in [-0.2, -0.15) is 0 Å². The summed E-state index contributed by atoms with van der Waals surface area (Å²) >= 11 is 0. The van der Waals surface area contributed by atoms with Crippen LogP contribution in [0.2, 0.25) is 0 Å². The van der Waals surface area contributed by atoms with E-state index in [-0.39, 0.29) is 17.7 Å². The maximum absolute atomic E-state index is 12.2. The van der Waals surface area contributed by atoms with Crippen molar-refractivity contribution in [2.75, 3.05) is 7.11 Å². The lowest BCUT2D eigenvalue weighted by molar-refractivity contribution is 0.0920. The molecule has 19 heavy (non-hydrogen) atoms. The number of hydrogen-bond acceptors (Lipinski definition) is 3. The summed E-state index contributed by atoms with van der Waals surface area (Å²) in [6, 6.07) is 5.05. The zero-order chi connectivity index (χ0) is 13.4. The van der Waals surface area contributed by atoms with Gasteiger partial charge in [-0.05, 0) is 43.2 Å². The summed E-state index contributed by atoms with van der Waals surface area (Å²) < 4.78 is 5.01. The molecule has 1 aromatic rings. The van der Waals surface area contributed by atoms with Gasteiger partial charge in [0, 0.05) is 12.1 Å². The van der Waals surface area contributed by atoms with E-state index in [1.54, 1.807) is 12.1 Å². The summed E-state index contributed by atoms with van der Waals surface area (Å²) in [5, 5.41) is 12.9. The van der Waals surface area contributed by atoms with Crippen molar-refractivity contribution in [3.63, 3.8) is 0 Å². The molecular formula is C15H19NO3. The standard InChI is InChI=1S/C15H19NO3/c1-19-11-4-5-12(14(17)8-11)15(18)16-13-7-9-2-3-10(13)6-9/h4-5,8-10,13,17H,2-3,6-7H2,1H3,(H,16,18). The van der Waals surface area contributed by atoms with Crippen LogP contribution in [-0.4, -0.2) is 24.2 Å². The number of benzene rings is 1. The molecule has 3 rings (SSSR count). The highest BCUT2D eigenvalue weighted by atomic mass is 16.5. The Morgan fingerprint density at radius 1 is 1.37 bits per heavy atom. The number of rotatable bonds is 3. The molecule has 2 bridgehead atoms. The van der Waals surface area contributed by atoms with Crippen molar-refractivity contribution >= 4 is 5.91 Å². The molecule has 2 aliphatic rings. The van der Waals surface area contributed by atoms with E-state index in [1.807, 2.05) is 0 Å². The molecule has 3 atom stereocenters. The Hall–Kier alpha value is -1.71. The van der Waals surface area contributed by atoms with Gasteiger partial charge in [-0.25, -0.2) is 0 Å². The summed E-state index contributed by atoms with van der Waals surface area (Å²) in [6.07, 6.45) is 4.88. The number of nitrogens with one attached hydrogen (secondary N) is 1. The molecule has 2 N–H and O–H groups in total. The average Bonchev–Trinajstić information content (AvgIpc) is 3.00. The van der Waals surface area contributed by atoms with E-state index < -0.39 is 0 Å². The summed E-state index contributed by atoms with van der Waals surface area (Å²) in [7, 11) is 1.53. The van der Waals surface area contributed by atoms with E-state index in [2.05, 4.69) is 5.32 Å². The number of fused-ring (bicyclic) bond motifs is 2. The SMILES string of the molecule is COc1ccc(C(=O)NC2CC3CCC2C3)c(O)c1. The maximum Gasteiger partial charge on any atom is 0.255 e. The molecule has 102 valence electrons. The van der Waals surface area contributed by atoms with Crippen LogP contribution in [0.25, 0.3) is 0 Å². The molecule has 2 aliphatic carbocycles. The molecule has 0 heterocycles. The van der Waals surface area contributed by atoms with Crippen LogP contribution in [0.1, 0.15) is 36.0 Å². The molecule has 4 nitrogen and oxygen atoms in total. The van der Waals surface area contributed by atoms with Crippen molar-refractivity contribution in [3.8, 4) is 11.5 Å². The molecule has 0 radical (unpaired) electrons. The third kappa shape index (κ3) is 2.27. The van der Waals surface area contributed by atoms with Crippen LogP contribution in [0, 0.1) is 11.8 Å². The van der Waals surface area contributed by atoms with Gasteiger partial charge in [-0.3, -0.25) is 4.79 Å². The number of methoxy groups -OCH3 is 1. The Morgan fingerprint density at radius 3 is 2.79 bits per heavy atom. The van der Waals surface area contributed by atoms with Gasteiger partial charge in [-0.15, -0.1) is 0 Å². The molecule has 0 aromatic heterocycles. The first-order valence-electron chi connectivity index (χ1n) is 6.85. The molecule has 0 spiro atoms. The van der Waals surface area contributed by atoms with Crippen molar-refractivity contribution in [1.82, 2.24) is 5.32 Å². The second-order valence-corrected chi connectivity index (χ2v) is 5.64. The van der Waals surface area contributed by atoms with E-state index >= 15 is 0 Å². The van der Waals surface area contributed by atoms with E-state index in [9.17, 15) is 9.90 Å². The van der Waals surface area contributed by atoms with Crippen molar-refractivity contribution < 1.29 is 14.6 Å². The van der Waals surface area contributed by atoms with Crippen LogP contribution in [0.15, 0.2) is 18.2 Å². The molecule has 1 amide bonds. The second-order valence-electron chi connectivity index (χ2n) is 5.64. The topological polar surface area (TPSA) is 58.6 Å². The normalized spacial score (nSPS) is 28.4. The Kier molecular flexibility index (Phi) is 3.09. The van der Waals surface area contributed by atoms with E-state index in [0.717, 1.165) is 12.3 Å². The zero-order valence-electron chi connectivity index (χ0n) is 11.1. The number of aromatic hydroxyl groups is 1. The van der Waals surface area contributed by atoms with Crippen LogP contribution in [0.5, 0.6) is 11.5 Å². The molecule has 1 aromatic carbocycles. The van der Waals surface area contributed by atoms with Gasteiger partial charge < -0.3 is 15.2 Å². The number of phenols is 1. The lowest BCUT2D eigenvalue weighted by Gasteiger charge is -2.23. The van der Waals surface area contributed by atoms with Crippen LogP contribution in [-0.2, 0) is 0 Å². The number of hydrogen-bond donors (Lipinski definition) is 2. The van der Waals surface area contributed by atoms with Gasteiger partial charge in [0.2, 0.25) is 0 Å². The summed E-state index contributed by atoms with van der Waals surface area (Å²) in [5.41, 5.74) is 0.323. The number of ether oxygens (including phenoxy) is 1. The molecule has 3 unspecified atom stereocenters. The number of phenolic OH excluding ortho intramolecular Hbond substituents is 1. The fraction of sp³-hybridized carbons (Fsp3) is 0.533. The molecular weight excluding hydrogens is 242 g/mol. The largest absolute Gasteiger partial charge is 0.507 e. The van der Waals surface area contributed by atoms with Gasteiger partial charge in [0.1, 0.15) is 11.5 Å². The Labute approximate surface area is 112 Å². The summed E-state index contributed by atoms with van der Waals surface area (Å²) in [5.74, 6) is 1.76. The lowest BCUT2D eigenvalue weighted by Crippen LogP contribution is -2.38. The maximum atomic E-state index is 12.2. The summed E-state index contributed by atoms with van der Waals surface area (Å²) in [6.45, 7) is 0.